The van der Waals surface area contributed by atoms with Crippen LogP contribution in [0.5, 0.6) is 0 Å². The van der Waals surface area contributed by atoms with E-state index >= 15 is 0 Å². The van der Waals surface area contributed by atoms with Crippen molar-refractivity contribution in [2.75, 3.05) is 6.61 Å². The first-order valence-corrected chi connectivity index (χ1v) is 11.7. The molecule has 1 heterocycles. The van der Waals surface area contributed by atoms with Crippen molar-refractivity contribution < 1.29 is 14.5 Å². The number of nitro groups is 1. The van der Waals surface area contributed by atoms with E-state index in [1.54, 1.807) is 49.5 Å². The molecule has 0 aliphatic carbocycles. The van der Waals surface area contributed by atoms with Crippen LogP contribution in [0, 0.1) is 15.5 Å². The molecule has 11 heteroatoms. The van der Waals surface area contributed by atoms with E-state index in [2.05, 4.69) is 9.98 Å². The van der Waals surface area contributed by atoms with Gasteiger partial charge in [-0.2, -0.15) is 0 Å². The van der Waals surface area contributed by atoms with Gasteiger partial charge in [0, 0.05) is 12.3 Å². The Bertz CT molecular complexity index is 1140. The number of benzene rings is 2. The quantitative estimate of drug-likeness (QED) is 0.173. The molecule has 0 spiro atoms. The Morgan fingerprint density at radius 2 is 2.07 bits per heavy atom. The van der Waals surface area contributed by atoms with Gasteiger partial charge in [-0.05, 0) is 56.9 Å². The van der Waals surface area contributed by atoms with E-state index in [4.69, 9.17) is 10.1 Å². The van der Waals surface area contributed by atoms with Gasteiger partial charge in [-0.3, -0.25) is 25.3 Å². The Morgan fingerprint density at radius 1 is 1.30 bits per heavy atom. The number of carbonyl (C=O) groups excluding carboxylic acids is 1. The molecule has 0 amide bonds. The summed E-state index contributed by atoms with van der Waals surface area (Å²) in [4.78, 5) is 31.6. The Labute approximate surface area is 183 Å². The van der Waals surface area contributed by atoms with E-state index < -0.39 is 4.92 Å². The van der Waals surface area contributed by atoms with Gasteiger partial charge in [0.1, 0.15) is 0 Å². The third kappa shape index (κ3) is 6.05. The van der Waals surface area contributed by atoms with Gasteiger partial charge >= 0.3 is 5.97 Å². The first-order valence-electron chi connectivity index (χ1n) is 8.71. The SMILES string of the molecule is CCOC(=O)Cc1ccc(N=Cc2ccc(Sc3nc(=N)ss3)c([N+](=O)[O-])c2)cc1. The lowest BCUT2D eigenvalue weighted by molar-refractivity contribution is -0.387. The number of aliphatic imine (C=N–C) groups is 1. The summed E-state index contributed by atoms with van der Waals surface area (Å²) >= 11 is 1.17. The summed E-state index contributed by atoms with van der Waals surface area (Å²) in [5, 5.41) is 19.0. The van der Waals surface area contributed by atoms with E-state index in [0.29, 0.717) is 27.1 Å². The minimum absolute atomic E-state index is 0.0412. The van der Waals surface area contributed by atoms with Gasteiger partial charge in [0.25, 0.3) is 5.69 Å². The van der Waals surface area contributed by atoms with Gasteiger partial charge in [0.15, 0.2) is 4.34 Å². The molecule has 0 fully saturated rings. The zero-order valence-electron chi connectivity index (χ0n) is 15.7. The van der Waals surface area contributed by atoms with Gasteiger partial charge in [0.05, 0.1) is 28.5 Å². The summed E-state index contributed by atoms with van der Waals surface area (Å²) in [5.74, 6) is -0.281. The third-order valence-electron chi connectivity index (χ3n) is 3.71. The normalized spacial score (nSPS) is 11.0. The van der Waals surface area contributed by atoms with Crippen LogP contribution >= 0.6 is 32.4 Å². The summed E-state index contributed by atoms with van der Waals surface area (Å²) in [6, 6.07) is 12.0. The monoisotopic (exact) mass is 460 g/mol. The predicted octanol–water partition coefficient (Wildman–Crippen LogP) is 4.60. The number of carbonyl (C=O) groups is 1. The molecule has 3 rings (SSSR count). The maximum Gasteiger partial charge on any atom is 0.310 e. The maximum atomic E-state index is 11.5. The van der Waals surface area contributed by atoms with Gasteiger partial charge in [-0.25, -0.2) is 4.98 Å². The van der Waals surface area contributed by atoms with Gasteiger partial charge in [-0.1, -0.05) is 30.0 Å². The molecule has 2 aromatic carbocycles. The highest BCUT2D eigenvalue weighted by Crippen LogP contribution is 2.36. The number of rotatable bonds is 8. The van der Waals surface area contributed by atoms with Crippen molar-refractivity contribution in [3.05, 3.63) is 68.5 Å². The van der Waals surface area contributed by atoms with Crippen molar-refractivity contribution in [2.24, 2.45) is 4.99 Å². The van der Waals surface area contributed by atoms with E-state index in [-0.39, 0.29) is 22.9 Å². The topological polar surface area (TPSA) is 119 Å². The molecule has 0 radical (unpaired) electrons. The van der Waals surface area contributed by atoms with Gasteiger partial charge in [-0.15, -0.1) is 0 Å². The number of nitrogens with one attached hydrogen (secondary N) is 1. The van der Waals surface area contributed by atoms with Crippen molar-refractivity contribution in [1.82, 2.24) is 4.98 Å². The maximum absolute atomic E-state index is 11.5. The fraction of sp³-hybridized carbons (Fsp3) is 0.158. The molecular weight excluding hydrogens is 444 g/mol. The number of nitro benzene ring substituents is 1. The van der Waals surface area contributed by atoms with Crippen LogP contribution in [0.3, 0.4) is 0 Å². The van der Waals surface area contributed by atoms with Crippen molar-refractivity contribution >= 4 is 56.0 Å². The lowest BCUT2D eigenvalue weighted by atomic mass is 10.1. The molecule has 8 nitrogen and oxygen atoms in total. The van der Waals surface area contributed by atoms with Gasteiger partial charge in [0.2, 0.25) is 4.80 Å². The first kappa shape index (κ1) is 21.8. The smallest absolute Gasteiger partial charge is 0.310 e. The molecule has 0 aliphatic rings. The Balaban J connectivity index is 1.73. The molecule has 1 N–H and O–H groups in total. The Morgan fingerprint density at radius 3 is 2.70 bits per heavy atom. The number of aromatic nitrogens is 1. The van der Waals surface area contributed by atoms with Crippen LogP contribution in [0.1, 0.15) is 18.1 Å². The molecule has 154 valence electrons. The number of esters is 1. The van der Waals surface area contributed by atoms with Crippen LogP contribution in [0.4, 0.5) is 11.4 Å². The summed E-state index contributed by atoms with van der Waals surface area (Å²) < 4.78 is 5.52. The van der Waals surface area contributed by atoms with Crippen LogP contribution < -0.4 is 4.80 Å². The first-order chi connectivity index (χ1) is 14.4. The third-order valence-corrected chi connectivity index (χ3v) is 7.13. The minimum Gasteiger partial charge on any atom is -0.466 e. The van der Waals surface area contributed by atoms with Crippen LogP contribution in [0.25, 0.3) is 0 Å². The molecule has 0 unspecified atom stereocenters. The molecule has 0 saturated heterocycles. The summed E-state index contributed by atoms with van der Waals surface area (Å²) in [7, 11) is 2.52. The largest absolute Gasteiger partial charge is 0.466 e. The predicted molar refractivity (Wildman–Crippen MR) is 117 cm³/mol. The number of hydrogen-bond donors (Lipinski definition) is 1. The lowest BCUT2D eigenvalue weighted by Gasteiger charge is -2.03. The average molecular weight is 461 g/mol. The van der Waals surface area contributed by atoms with Crippen LogP contribution in [0.15, 0.2) is 56.7 Å². The highest BCUT2D eigenvalue weighted by Gasteiger charge is 2.17. The standard InChI is InChI=1S/C19H16N4O4S3/c1-2-27-17(24)10-12-3-6-14(7-4-12)21-11-13-5-8-16(15(9-13)23(25)26)28-19-22-18(20)29-30-19/h3-9,11,20H,2,10H2,1H3. The van der Waals surface area contributed by atoms with Crippen molar-refractivity contribution in [3.63, 3.8) is 0 Å². The molecule has 0 atom stereocenters. The minimum atomic E-state index is -0.442. The zero-order chi connectivity index (χ0) is 21.5. The van der Waals surface area contributed by atoms with E-state index in [0.717, 1.165) is 5.56 Å². The molecule has 3 aromatic rings. The van der Waals surface area contributed by atoms with Crippen molar-refractivity contribution in [2.45, 2.75) is 22.6 Å². The van der Waals surface area contributed by atoms with Crippen LogP contribution in [-0.4, -0.2) is 28.7 Å². The van der Waals surface area contributed by atoms with E-state index in [1.165, 1.54) is 38.5 Å². The summed E-state index contributed by atoms with van der Waals surface area (Å²) in [5.41, 5.74) is 2.03. The Hall–Kier alpha value is -2.89. The van der Waals surface area contributed by atoms with Crippen molar-refractivity contribution in [3.8, 4) is 0 Å². The van der Waals surface area contributed by atoms with Crippen LogP contribution in [-0.2, 0) is 16.0 Å². The molecule has 30 heavy (non-hydrogen) atoms. The molecule has 0 aliphatic heterocycles. The fourth-order valence-electron chi connectivity index (χ4n) is 2.40. The fourth-order valence-corrected chi connectivity index (χ4v) is 5.31. The van der Waals surface area contributed by atoms with Crippen molar-refractivity contribution in [1.29, 1.82) is 5.41 Å². The highest BCUT2D eigenvalue weighted by molar-refractivity contribution is 8.02. The Kier molecular flexibility index (Phi) is 7.44. The summed E-state index contributed by atoms with van der Waals surface area (Å²) in [6.07, 6.45) is 1.75. The van der Waals surface area contributed by atoms with Crippen LogP contribution in [0.2, 0.25) is 0 Å². The number of nitrogens with zero attached hydrogens (tertiary/aromatic N) is 3. The zero-order valence-corrected chi connectivity index (χ0v) is 18.2. The van der Waals surface area contributed by atoms with E-state index in [1.807, 2.05) is 0 Å². The van der Waals surface area contributed by atoms with Gasteiger partial charge < -0.3 is 4.74 Å². The summed E-state index contributed by atoms with van der Waals surface area (Å²) in [6.45, 7) is 2.11. The second kappa shape index (κ2) is 10.2. The molecule has 1 aromatic heterocycles. The van der Waals surface area contributed by atoms with E-state index in [9.17, 15) is 14.9 Å². The second-order valence-corrected chi connectivity index (χ2v) is 9.24. The average Bonchev–Trinajstić information content (AvgIpc) is 3.13. The molecule has 0 saturated carbocycles. The number of hydrogen-bond acceptors (Lipinski definition) is 10. The highest BCUT2D eigenvalue weighted by atomic mass is 32.9. The molecule has 0 bridgehead atoms. The second-order valence-electron chi connectivity index (χ2n) is 5.84. The lowest BCUT2D eigenvalue weighted by Crippen LogP contribution is -2.07. The molecular formula is C19H16N4O4S3. The number of ether oxygens (including phenoxy) is 1.